The molecule has 0 saturated heterocycles. The third kappa shape index (κ3) is 43.9. The lowest BCUT2D eigenvalue weighted by Gasteiger charge is -2.24. The largest absolute Gasteiger partial charge is 0.462 e. The standard InChI is InChI=1S/C56H99NO5/c1-4-7-10-13-16-19-22-24-26-27-28-29-30-32-34-37-40-43-46-49-56(61)62-52(47-44-41-38-35-33-31-25-23-20-17-14-11-8-5-2)50-55(60)57-53(51-58)54(59)48-45-42-39-36-21-18-15-12-9-6-3/h8,11,16-17,19-20,24-26,28-29,31,52-54,58-59H,4-7,9-10,12-15,18,21-23,27,30,32-51H2,1-3H3,(H,57,60)/b11-8+,19-16-,20-17+,26-24-,29-28-,31-25+. The zero-order valence-electron chi connectivity index (χ0n) is 40.7. The summed E-state index contributed by atoms with van der Waals surface area (Å²) in [5.41, 5.74) is 0. The molecule has 0 rings (SSSR count). The number of amides is 1. The van der Waals surface area contributed by atoms with Crippen LogP contribution < -0.4 is 5.32 Å². The van der Waals surface area contributed by atoms with Gasteiger partial charge >= 0.3 is 5.97 Å². The fourth-order valence-corrected chi connectivity index (χ4v) is 7.57. The number of allylic oxidation sites excluding steroid dienone is 12. The first kappa shape index (κ1) is 59.3. The van der Waals surface area contributed by atoms with Gasteiger partial charge in [0.25, 0.3) is 0 Å². The molecule has 0 radical (unpaired) electrons. The summed E-state index contributed by atoms with van der Waals surface area (Å²) < 4.78 is 5.92. The van der Waals surface area contributed by atoms with Gasteiger partial charge in [-0.2, -0.15) is 0 Å². The highest BCUT2D eigenvalue weighted by molar-refractivity contribution is 5.77. The summed E-state index contributed by atoms with van der Waals surface area (Å²) in [6.07, 6.45) is 62.5. The van der Waals surface area contributed by atoms with E-state index >= 15 is 0 Å². The fraction of sp³-hybridized carbons (Fsp3) is 0.750. The molecule has 0 heterocycles. The van der Waals surface area contributed by atoms with Crippen LogP contribution in [0.15, 0.2) is 72.9 Å². The second-order valence-corrected chi connectivity index (χ2v) is 17.5. The monoisotopic (exact) mass is 866 g/mol. The number of hydrogen-bond acceptors (Lipinski definition) is 5. The zero-order chi connectivity index (χ0) is 45.2. The molecule has 0 spiro atoms. The Balaban J connectivity index is 4.61. The van der Waals surface area contributed by atoms with Crippen LogP contribution in [0.1, 0.15) is 245 Å². The van der Waals surface area contributed by atoms with Gasteiger partial charge in [-0.3, -0.25) is 9.59 Å². The number of hydrogen-bond donors (Lipinski definition) is 3. The minimum absolute atomic E-state index is 0.0545. The van der Waals surface area contributed by atoms with E-state index in [2.05, 4.69) is 99.0 Å². The molecule has 0 aliphatic carbocycles. The topological polar surface area (TPSA) is 95.9 Å². The van der Waals surface area contributed by atoms with Crippen LogP contribution in [0.3, 0.4) is 0 Å². The van der Waals surface area contributed by atoms with Gasteiger partial charge in [0.05, 0.1) is 25.2 Å². The highest BCUT2D eigenvalue weighted by atomic mass is 16.5. The number of nitrogens with one attached hydrogen (secondary N) is 1. The second-order valence-electron chi connectivity index (χ2n) is 17.5. The first-order valence-electron chi connectivity index (χ1n) is 26.2. The van der Waals surface area contributed by atoms with E-state index in [9.17, 15) is 19.8 Å². The summed E-state index contributed by atoms with van der Waals surface area (Å²) in [6, 6.07) is -0.713. The normalized spacial score (nSPS) is 13.8. The Morgan fingerprint density at radius 3 is 1.35 bits per heavy atom. The van der Waals surface area contributed by atoms with Crippen molar-refractivity contribution in [1.82, 2.24) is 5.32 Å². The molecule has 0 aliphatic rings. The van der Waals surface area contributed by atoms with Crippen molar-refractivity contribution >= 4 is 11.9 Å². The number of rotatable bonds is 46. The van der Waals surface area contributed by atoms with E-state index in [1.165, 1.54) is 89.9 Å². The van der Waals surface area contributed by atoms with Crippen LogP contribution >= 0.6 is 0 Å². The highest BCUT2D eigenvalue weighted by Crippen LogP contribution is 2.17. The molecular weight excluding hydrogens is 767 g/mol. The Morgan fingerprint density at radius 2 is 0.871 bits per heavy atom. The quantitative estimate of drug-likeness (QED) is 0.0322. The van der Waals surface area contributed by atoms with Crippen LogP contribution in [0.25, 0.3) is 0 Å². The highest BCUT2D eigenvalue weighted by Gasteiger charge is 2.24. The Kier molecular flexibility index (Phi) is 47.2. The van der Waals surface area contributed by atoms with Crippen molar-refractivity contribution in [2.75, 3.05) is 6.61 Å². The van der Waals surface area contributed by atoms with Gasteiger partial charge in [-0.1, -0.05) is 209 Å². The van der Waals surface area contributed by atoms with E-state index < -0.39 is 18.2 Å². The smallest absolute Gasteiger partial charge is 0.306 e. The van der Waals surface area contributed by atoms with Crippen LogP contribution in [0.2, 0.25) is 0 Å². The molecule has 0 aliphatic heterocycles. The van der Waals surface area contributed by atoms with E-state index in [0.717, 1.165) is 109 Å². The summed E-state index contributed by atoms with van der Waals surface area (Å²) in [5.74, 6) is -0.512. The lowest BCUT2D eigenvalue weighted by atomic mass is 10.0. The fourth-order valence-electron chi connectivity index (χ4n) is 7.57. The molecule has 0 aromatic carbocycles. The van der Waals surface area contributed by atoms with E-state index in [1.807, 2.05) is 0 Å². The molecule has 3 atom stereocenters. The van der Waals surface area contributed by atoms with E-state index in [0.29, 0.717) is 19.3 Å². The number of ether oxygens (including phenoxy) is 1. The second kappa shape index (κ2) is 49.3. The van der Waals surface area contributed by atoms with Crippen molar-refractivity contribution in [1.29, 1.82) is 0 Å². The van der Waals surface area contributed by atoms with Crippen LogP contribution in [0.4, 0.5) is 0 Å². The molecule has 6 nitrogen and oxygen atoms in total. The van der Waals surface area contributed by atoms with Gasteiger partial charge in [0.2, 0.25) is 5.91 Å². The molecule has 0 aromatic heterocycles. The van der Waals surface area contributed by atoms with Crippen LogP contribution in [-0.2, 0) is 14.3 Å². The molecule has 3 unspecified atom stereocenters. The Morgan fingerprint density at radius 1 is 0.484 bits per heavy atom. The molecule has 6 heteroatoms. The number of unbranched alkanes of at least 4 members (excludes halogenated alkanes) is 22. The average molecular weight is 866 g/mol. The summed E-state index contributed by atoms with van der Waals surface area (Å²) in [6.45, 7) is 6.32. The molecule has 358 valence electrons. The first-order chi connectivity index (χ1) is 30.5. The summed E-state index contributed by atoms with van der Waals surface area (Å²) in [7, 11) is 0. The summed E-state index contributed by atoms with van der Waals surface area (Å²) in [5, 5.41) is 23.7. The first-order valence-corrected chi connectivity index (χ1v) is 26.2. The van der Waals surface area contributed by atoms with Gasteiger partial charge in [0.1, 0.15) is 6.10 Å². The Hall–Kier alpha value is -2.70. The lowest BCUT2D eigenvalue weighted by Crippen LogP contribution is -2.46. The molecule has 0 saturated carbocycles. The molecule has 3 N–H and O–H groups in total. The van der Waals surface area contributed by atoms with Crippen molar-refractivity contribution in [2.45, 2.75) is 264 Å². The van der Waals surface area contributed by atoms with Gasteiger partial charge in [0.15, 0.2) is 0 Å². The number of aliphatic hydroxyl groups excluding tert-OH is 2. The molecule has 0 bridgehead atoms. The third-order valence-corrected chi connectivity index (χ3v) is 11.5. The van der Waals surface area contributed by atoms with Gasteiger partial charge < -0.3 is 20.3 Å². The van der Waals surface area contributed by atoms with Crippen LogP contribution in [0.5, 0.6) is 0 Å². The maximum Gasteiger partial charge on any atom is 0.306 e. The van der Waals surface area contributed by atoms with Gasteiger partial charge in [-0.25, -0.2) is 0 Å². The number of carbonyl (C=O) groups is 2. The van der Waals surface area contributed by atoms with Crippen LogP contribution in [-0.4, -0.2) is 46.9 Å². The number of esters is 1. The van der Waals surface area contributed by atoms with Crippen LogP contribution in [0, 0.1) is 0 Å². The predicted molar refractivity (Wildman–Crippen MR) is 268 cm³/mol. The van der Waals surface area contributed by atoms with Crippen molar-refractivity contribution < 1.29 is 24.5 Å². The van der Waals surface area contributed by atoms with Gasteiger partial charge in [-0.15, -0.1) is 0 Å². The zero-order valence-corrected chi connectivity index (χ0v) is 40.7. The summed E-state index contributed by atoms with van der Waals surface area (Å²) >= 11 is 0. The van der Waals surface area contributed by atoms with Crippen molar-refractivity contribution in [2.24, 2.45) is 0 Å². The van der Waals surface area contributed by atoms with Crippen molar-refractivity contribution in [3.63, 3.8) is 0 Å². The number of aliphatic hydroxyl groups is 2. The molecular formula is C56H99NO5. The van der Waals surface area contributed by atoms with E-state index in [4.69, 9.17) is 4.74 Å². The average Bonchev–Trinajstić information content (AvgIpc) is 3.26. The van der Waals surface area contributed by atoms with E-state index in [-0.39, 0.29) is 24.9 Å². The van der Waals surface area contributed by atoms with E-state index in [1.54, 1.807) is 0 Å². The van der Waals surface area contributed by atoms with Gasteiger partial charge in [-0.05, 0) is 96.3 Å². The maximum atomic E-state index is 13.2. The lowest BCUT2D eigenvalue weighted by molar-refractivity contribution is -0.151. The minimum Gasteiger partial charge on any atom is -0.462 e. The third-order valence-electron chi connectivity index (χ3n) is 11.5. The molecule has 0 fully saturated rings. The minimum atomic E-state index is -0.798. The Bertz CT molecular complexity index is 1150. The summed E-state index contributed by atoms with van der Waals surface area (Å²) in [4.78, 5) is 26.1. The maximum absolute atomic E-state index is 13.2. The number of carbonyl (C=O) groups excluding carboxylic acids is 2. The van der Waals surface area contributed by atoms with Crippen molar-refractivity contribution in [3.8, 4) is 0 Å². The molecule has 1 amide bonds. The predicted octanol–water partition coefficient (Wildman–Crippen LogP) is 15.8. The Labute approximate surface area is 383 Å². The molecule has 0 aromatic rings. The van der Waals surface area contributed by atoms with Crippen molar-refractivity contribution in [3.05, 3.63) is 72.9 Å². The van der Waals surface area contributed by atoms with Gasteiger partial charge in [0, 0.05) is 6.42 Å². The molecule has 62 heavy (non-hydrogen) atoms. The SMILES string of the molecule is CC/C=C/C/C=C/C/C=C/CCCCCCC(CC(=O)NC(CO)C(O)CCCCCCCCCCCC)OC(=O)CCCCCCCC/C=C\C/C=C\C/C=C\CCCCC.